The molecule has 0 bridgehead atoms. The molecule has 0 aliphatic rings. The average Bonchev–Trinajstić information content (AvgIpc) is 3.08. The molecule has 46 heavy (non-hydrogen) atoms. The summed E-state index contributed by atoms with van der Waals surface area (Å²) in [6.45, 7) is 10.2. The van der Waals surface area contributed by atoms with E-state index < -0.39 is 0 Å². The Morgan fingerprint density at radius 1 is 0.609 bits per heavy atom. The summed E-state index contributed by atoms with van der Waals surface area (Å²) in [4.78, 5) is 14.4. The van der Waals surface area contributed by atoms with Crippen molar-refractivity contribution in [2.75, 3.05) is 13.2 Å². The fraction of sp³-hybridized carbons (Fsp3) is 0.462. The molecule has 6 nitrogen and oxygen atoms in total. The molecular weight excluding hydrogens is 594 g/mol. The van der Waals surface area contributed by atoms with Crippen molar-refractivity contribution in [1.29, 1.82) is 0 Å². The van der Waals surface area contributed by atoms with Crippen molar-refractivity contribution in [2.45, 2.75) is 91.9 Å². The third-order valence-electron chi connectivity index (χ3n) is 8.51. The highest BCUT2D eigenvalue weighted by molar-refractivity contribution is 6.30. The molecule has 0 fully saturated rings. The highest BCUT2D eigenvalue weighted by Gasteiger charge is 2.17. The summed E-state index contributed by atoms with van der Waals surface area (Å²) < 4.78 is 12.3. The van der Waals surface area contributed by atoms with Crippen LogP contribution in [-0.4, -0.2) is 33.3 Å². The second-order valence-electron chi connectivity index (χ2n) is 12.2. The van der Waals surface area contributed by atoms with E-state index in [1.165, 1.54) is 51.4 Å². The second kappa shape index (κ2) is 18.5. The van der Waals surface area contributed by atoms with E-state index in [9.17, 15) is 5.11 Å². The Morgan fingerprint density at radius 3 is 1.63 bits per heavy atom. The van der Waals surface area contributed by atoms with Crippen LogP contribution in [0.4, 0.5) is 0 Å². The molecule has 0 radical (unpaired) electrons. The lowest BCUT2D eigenvalue weighted by atomic mass is 9.97. The molecule has 1 N–H and O–H groups in total. The molecule has 4 rings (SSSR count). The monoisotopic (exact) mass is 643 g/mol. The van der Waals surface area contributed by atoms with Crippen LogP contribution in [0.5, 0.6) is 17.2 Å². The molecule has 0 aliphatic carbocycles. The molecule has 1 atom stereocenters. The summed E-state index contributed by atoms with van der Waals surface area (Å²) >= 11 is 6.17. The molecular formula is C39H50ClN3O3. The van der Waals surface area contributed by atoms with Crippen LogP contribution in [0.1, 0.15) is 91.9 Å². The van der Waals surface area contributed by atoms with E-state index >= 15 is 0 Å². The number of halogens is 1. The summed E-state index contributed by atoms with van der Waals surface area (Å²) in [5.74, 6) is 3.97. The first-order chi connectivity index (χ1) is 22.4. The van der Waals surface area contributed by atoms with Gasteiger partial charge in [-0.3, -0.25) is 0 Å². The molecule has 1 aromatic heterocycles. The summed E-state index contributed by atoms with van der Waals surface area (Å²) in [5.41, 5.74) is 2.14. The molecule has 0 aliphatic heterocycles. The SMILES string of the molecule is CCCCC(CC)COc1ccc(-c2nc(-c3ccc(Cl)cc3)nc(-c3ccc(OCC(CCCC)CCCC)cc3)n2)c(O)c1. The fourth-order valence-corrected chi connectivity index (χ4v) is 5.59. The number of rotatable bonds is 19. The number of phenols is 1. The van der Waals surface area contributed by atoms with Gasteiger partial charge in [-0.1, -0.05) is 84.2 Å². The largest absolute Gasteiger partial charge is 0.507 e. The molecule has 3 aromatic carbocycles. The Morgan fingerprint density at radius 2 is 1.09 bits per heavy atom. The van der Waals surface area contributed by atoms with Gasteiger partial charge in [0.1, 0.15) is 17.2 Å². The van der Waals surface area contributed by atoms with Gasteiger partial charge in [-0.15, -0.1) is 0 Å². The van der Waals surface area contributed by atoms with Crippen LogP contribution in [0.25, 0.3) is 34.2 Å². The number of aromatic hydroxyl groups is 1. The van der Waals surface area contributed by atoms with Crippen LogP contribution in [0.2, 0.25) is 5.02 Å². The molecule has 4 aromatic rings. The topological polar surface area (TPSA) is 77.4 Å². The fourth-order valence-electron chi connectivity index (χ4n) is 5.47. The highest BCUT2D eigenvalue weighted by Crippen LogP contribution is 2.33. The molecule has 0 saturated carbocycles. The van der Waals surface area contributed by atoms with E-state index in [1.54, 1.807) is 6.07 Å². The number of unbranched alkanes of at least 4 members (excludes halogenated alkanes) is 3. The minimum absolute atomic E-state index is 0.0581. The zero-order valence-electron chi connectivity index (χ0n) is 28.0. The first-order valence-electron chi connectivity index (χ1n) is 17.1. The van der Waals surface area contributed by atoms with Crippen LogP contribution in [0, 0.1) is 11.8 Å². The van der Waals surface area contributed by atoms with Crippen molar-refractivity contribution in [3.05, 3.63) is 71.8 Å². The summed E-state index contributed by atoms with van der Waals surface area (Å²) in [6.07, 6.45) is 11.9. The van der Waals surface area contributed by atoms with Crippen molar-refractivity contribution in [3.63, 3.8) is 0 Å². The summed E-state index contributed by atoms with van der Waals surface area (Å²) in [7, 11) is 0. The minimum atomic E-state index is 0.0581. The van der Waals surface area contributed by atoms with Gasteiger partial charge < -0.3 is 14.6 Å². The standard InChI is InChI=1S/C39H50ClN3O3/c1-5-9-12-28(8-4)26-46-34-23-24-35(36(44)25-34)39-42-37(30-15-19-32(40)20-16-30)41-38(43-39)31-17-21-33(22-18-31)45-27-29(13-10-6-2)14-11-7-3/h15-25,28-29,44H,5-14,26-27H2,1-4H3. The number of aromatic nitrogens is 3. The van der Waals surface area contributed by atoms with E-state index in [0.717, 1.165) is 36.3 Å². The van der Waals surface area contributed by atoms with Crippen molar-refractivity contribution >= 4 is 11.6 Å². The van der Waals surface area contributed by atoms with Crippen LogP contribution in [0.15, 0.2) is 66.7 Å². The van der Waals surface area contributed by atoms with Crippen LogP contribution >= 0.6 is 11.6 Å². The number of hydrogen-bond donors (Lipinski definition) is 1. The molecule has 246 valence electrons. The number of ether oxygens (including phenoxy) is 2. The van der Waals surface area contributed by atoms with E-state index in [2.05, 4.69) is 27.7 Å². The first-order valence-corrected chi connectivity index (χ1v) is 17.5. The number of phenolic OH excluding ortho intramolecular Hbond substituents is 1. The highest BCUT2D eigenvalue weighted by atomic mass is 35.5. The second-order valence-corrected chi connectivity index (χ2v) is 12.6. The van der Waals surface area contributed by atoms with Gasteiger partial charge in [0.2, 0.25) is 0 Å². The molecule has 0 spiro atoms. The quantitative estimate of drug-likeness (QED) is 0.109. The first kappa shape index (κ1) is 35.2. The Labute approximate surface area is 280 Å². The van der Waals surface area contributed by atoms with Gasteiger partial charge in [-0.25, -0.2) is 15.0 Å². The van der Waals surface area contributed by atoms with E-state index in [0.29, 0.717) is 52.3 Å². The van der Waals surface area contributed by atoms with Crippen molar-refractivity contribution < 1.29 is 14.6 Å². The number of hydrogen-bond acceptors (Lipinski definition) is 6. The van der Waals surface area contributed by atoms with Gasteiger partial charge in [0.25, 0.3) is 0 Å². The zero-order chi connectivity index (χ0) is 32.7. The van der Waals surface area contributed by atoms with Crippen LogP contribution in [-0.2, 0) is 0 Å². The Bertz CT molecular complexity index is 1470. The van der Waals surface area contributed by atoms with Gasteiger partial charge in [0.15, 0.2) is 17.5 Å². The van der Waals surface area contributed by atoms with Gasteiger partial charge in [0.05, 0.1) is 18.8 Å². The maximum absolute atomic E-state index is 11.1. The molecule has 1 unspecified atom stereocenters. The molecule has 7 heteroatoms. The smallest absolute Gasteiger partial charge is 0.167 e. The van der Waals surface area contributed by atoms with Crippen molar-refractivity contribution in [1.82, 2.24) is 15.0 Å². The van der Waals surface area contributed by atoms with Crippen molar-refractivity contribution in [2.24, 2.45) is 11.8 Å². The summed E-state index contributed by atoms with van der Waals surface area (Å²) in [6, 6.07) is 20.6. The average molecular weight is 644 g/mol. The minimum Gasteiger partial charge on any atom is -0.507 e. The maximum Gasteiger partial charge on any atom is 0.167 e. The lowest BCUT2D eigenvalue weighted by Crippen LogP contribution is -2.12. The number of benzene rings is 3. The predicted molar refractivity (Wildman–Crippen MR) is 190 cm³/mol. The third kappa shape index (κ3) is 10.4. The van der Waals surface area contributed by atoms with Crippen molar-refractivity contribution in [3.8, 4) is 51.4 Å². The van der Waals surface area contributed by atoms with E-state index in [-0.39, 0.29) is 5.75 Å². The zero-order valence-corrected chi connectivity index (χ0v) is 28.7. The molecule has 1 heterocycles. The van der Waals surface area contributed by atoms with Gasteiger partial charge in [0, 0.05) is 22.2 Å². The summed E-state index contributed by atoms with van der Waals surface area (Å²) in [5, 5.41) is 11.7. The lowest BCUT2D eigenvalue weighted by Gasteiger charge is -2.17. The Balaban J connectivity index is 1.58. The van der Waals surface area contributed by atoms with Crippen LogP contribution in [0.3, 0.4) is 0 Å². The van der Waals surface area contributed by atoms with E-state index in [1.807, 2.05) is 60.7 Å². The van der Waals surface area contributed by atoms with E-state index in [4.69, 9.17) is 36.0 Å². The Kier molecular flexibility index (Phi) is 14.2. The van der Waals surface area contributed by atoms with Gasteiger partial charge >= 0.3 is 0 Å². The Hall–Kier alpha value is -3.64. The molecule has 0 saturated heterocycles. The lowest BCUT2D eigenvalue weighted by molar-refractivity contribution is 0.226. The van der Waals surface area contributed by atoms with Crippen LogP contribution < -0.4 is 9.47 Å². The van der Waals surface area contributed by atoms with Gasteiger partial charge in [-0.2, -0.15) is 0 Å². The third-order valence-corrected chi connectivity index (χ3v) is 8.76. The number of nitrogens with zero attached hydrogens (tertiary/aromatic N) is 3. The maximum atomic E-state index is 11.1. The predicted octanol–water partition coefficient (Wildman–Crippen LogP) is 11.2. The molecule has 0 amide bonds. The normalized spacial score (nSPS) is 12.0. The van der Waals surface area contributed by atoms with Gasteiger partial charge in [-0.05, 0) is 91.8 Å².